The van der Waals surface area contributed by atoms with E-state index >= 15 is 0 Å². The molecule has 124 valence electrons. The van der Waals surface area contributed by atoms with E-state index in [4.69, 9.17) is 5.73 Å². The van der Waals surface area contributed by atoms with Crippen molar-refractivity contribution in [2.45, 2.75) is 37.8 Å². The van der Waals surface area contributed by atoms with Crippen LogP contribution in [0.2, 0.25) is 0 Å². The van der Waals surface area contributed by atoms with Gasteiger partial charge < -0.3 is 16.4 Å². The SMILES string of the molecule is Nc1nc(C(=O)N[C@@H]2C[C@H]2NC(=O)c2cncc3c2CCC3)cs1. The van der Waals surface area contributed by atoms with Gasteiger partial charge in [-0.05, 0) is 36.8 Å². The van der Waals surface area contributed by atoms with E-state index in [1.54, 1.807) is 11.6 Å². The Morgan fingerprint density at radius 2 is 1.96 bits per heavy atom. The van der Waals surface area contributed by atoms with Crippen LogP contribution in [0.15, 0.2) is 17.8 Å². The number of carbonyl (C=O) groups excluding carboxylic acids is 2. The highest BCUT2D eigenvalue weighted by atomic mass is 32.1. The molecule has 7 nitrogen and oxygen atoms in total. The van der Waals surface area contributed by atoms with E-state index in [0.717, 1.165) is 31.2 Å². The van der Waals surface area contributed by atoms with Crippen LogP contribution in [0.5, 0.6) is 0 Å². The summed E-state index contributed by atoms with van der Waals surface area (Å²) in [4.78, 5) is 32.6. The number of anilines is 1. The number of thiazole rings is 1. The Balaban J connectivity index is 1.35. The predicted octanol–water partition coefficient (Wildman–Crippen LogP) is 0.910. The van der Waals surface area contributed by atoms with E-state index in [1.165, 1.54) is 16.9 Å². The number of hydrogen-bond donors (Lipinski definition) is 3. The Bertz CT molecular complexity index is 819. The summed E-state index contributed by atoms with van der Waals surface area (Å²) >= 11 is 1.23. The van der Waals surface area contributed by atoms with Gasteiger partial charge in [0.15, 0.2) is 5.13 Å². The molecule has 0 aromatic carbocycles. The molecule has 1 fully saturated rings. The first kappa shape index (κ1) is 15.1. The fourth-order valence-corrected chi connectivity index (χ4v) is 3.63. The van der Waals surface area contributed by atoms with Crippen LogP contribution in [-0.4, -0.2) is 33.9 Å². The van der Waals surface area contributed by atoms with Gasteiger partial charge in [-0.15, -0.1) is 11.3 Å². The van der Waals surface area contributed by atoms with Crippen molar-refractivity contribution in [2.24, 2.45) is 0 Å². The van der Waals surface area contributed by atoms with Crippen molar-refractivity contribution >= 4 is 28.3 Å². The summed E-state index contributed by atoms with van der Waals surface area (Å²) in [6, 6.07) is -0.108. The molecule has 2 aromatic rings. The number of pyridine rings is 1. The first-order valence-electron chi connectivity index (χ1n) is 7.90. The third-order valence-electron chi connectivity index (χ3n) is 4.44. The van der Waals surface area contributed by atoms with Crippen molar-refractivity contribution in [1.82, 2.24) is 20.6 Å². The number of rotatable bonds is 4. The second-order valence-corrected chi connectivity index (χ2v) is 7.03. The van der Waals surface area contributed by atoms with E-state index in [-0.39, 0.29) is 23.9 Å². The molecule has 0 bridgehead atoms. The quantitative estimate of drug-likeness (QED) is 0.764. The zero-order chi connectivity index (χ0) is 16.7. The van der Waals surface area contributed by atoms with Gasteiger partial charge in [0, 0.05) is 17.8 Å². The maximum Gasteiger partial charge on any atom is 0.271 e. The van der Waals surface area contributed by atoms with Crippen molar-refractivity contribution < 1.29 is 9.59 Å². The predicted molar refractivity (Wildman–Crippen MR) is 89.9 cm³/mol. The van der Waals surface area contributed by atoms with Gasteiger partial charge in [-0.25, -0.2) is 4.98 Å². The summed E-state index contributed by atoms with van der Waals surface area (Å²) in [6.45, 7) is 0. The number of nitrogens with two attached hydrogens (primary N) is 1. The van der Waals surface area contributed by atoms with Crippen LogP contribution in [0.1, 0.15) is 44.8 Å². The smallest absolute Gasteiger partial charge is 0.271 e. The second kappa shape index (κ2) is 5.86. The van der Waals surface area contributed by atoms with Crippen LogP contribution < -0.4 is 16.4 Å². The first-order valence-corrected chi connectivity index (χ1v) is 8.78. The van der Waals surface area contributed by atoms with E-state index in [2.05, 4.69) is 20.6 Å². The molecule has 2 aliphatic carbocycles. The Labute approximate surface area is 142 Å². The maximum atomic E-state index is 12.5. The van der Waals surface area contributed by atoms with Crippen LogP contribution in [0, 0.1) is 0 Å². The molecular formula is C16H17N5O2S. The van der Waals surface area contributed by atoms with Gasteiger partial charge in [-0.3, -0.25) is 14.6 Å². The number of aryl methyl sites for hydroxylation is 1. The highest BCUT2D eigenvalue weighted by Crippen LogP contribution is 2.26. The molecule has 0 unspecified atom stereocenters. The van der Waals surface area contributed by atoms with Crippen molar-refractivity contribution in [1.29, 1.82) is 0 Å². The van der Waals surface area contributed by atoms with Gasteiger partial charge in [0.25, 0.3) is 11.8 Å². The zero-order valence-electron chi connectivity index (χ0n) is 12.9. The standard InChI is InChI=1S/C16H17N5O2S/c17-16-21-13(7-24-16)15(23)20-12-4-11(12)19-14(22)10-6-18-5-8-2-1-3-9(8)10/h5-7,11-12H,1-4H2,(H2,17,21)(H,19,22)(H,20,23)/t11-,12-/m1/s1. The number of nitrogen functional groups attached to an aromatic ring is 1. The molecule has 1 saturated carbocycles. The van der Waals surface area contributed by atoms with Crippen molar-refractivity contribution in [2.75, 3.05) is 5.73 Å². The lowest BCUT2D eigenvalue weighted by Crippen LogP contribution is -2.35. The molecule has 2 amide bonds. The minimum atomic E-state index is -0.257. The number of nitrogens with zero attached hydrogens (tertiary/aromatic N) is 2. The van der Waals surface area contributed by atoms with Gasteiger partial charge in [0.2, 0.25) is 0 Å². The largest absolute Gasteiger partial charge is 0.375 e. The van der Waals surface area contributed by atoms with Crippen LogP contribution in [0.25, 0.3) is 0 Å². The molecule has 0 saturated heterocycles. The first-order chi connectivity index (χ1) is 11.6. The summed E-state index contributed by atoms with van der Waals surface area (Å²) < 4.78 is 0. The summed E-state index contributed by atoms with van der Waals surface area (Å²) in [6.07, 6.45) is 7.19. The average Bonchev–Trinajstić information content (AvgIpc) is 2.98. The van der Waals surface area contributed by atoms with Gasteiger partial charge in [0.05, 0.1) is 17.6 Å². The van der Waals surface area contributed by atoms with Crippen LogP contribution in [-0.2, 0) is 12.8 Å². The molecule has 2 aliphatic rings. The number of amides is 2. The molecule has 2 atom stereocenters. The number of nitrogens with one attached hydrogen (secondary N) is 2. The molecule has 0 spiro atoms. The summed E-state index contributed by atoms with van der Waals surface area (Å²) in [5, 5.41) is 7.83. The van der Waals surface area contributed by atoms with Gasteiger partial charge >= 0.3 is 0 Å². The minimum Gasteiger partial charge on any atom is -0.375 e. The molecule has 4 N–H and O–H groups in total. The lowest BCUT2D eigenvalue weighted by Gasteiger charge is -2.09. The summed E-state index contributed by atoms with van der Waals surface area (Å²) in [7, 11) is 0. The Morgan fingerprint density at radius 1 is 1.17 bits per heavy atom. The Hall–Kier alpha value is -2.48. The normalized spacial score (nSPS) is 21.2. The molecule has 2 heterocycles. The molecule has 0 aliphatic heterocycles. The molecule has 2 aromatic heterocycles. The number of aromatic nitrogens is 2. The van der Waals surface area contributed by atoms with Crippen molar-refractivity contribution in [3.05, 3.63) is 40.2 Å². The van der Waals surface area contributed by atoms with Gasteiger partial charge in [-0.2, -0.15) is 0 Å². The Morgan fingerprint density at radius 3 is 2.71 bits per heavy atom. The van der Waals surface area contributed by atoms with Crippen molar-refractivity contribution in [3.63, 3.8) is 0 Å². The lowest BCUT2D eigenvalue weighted by molar-refractivity contribution is 0.0924. The van der Waals surface area contributed by atoms with Gasteiger partial charge in [0.1, 0.15) is 5.69 Å². The van der Waals surface area contributed by atoms with Crippen molar-refractivity contribution in [3.8, 4) is 0 Å². The second-order valence-electron chi connectivity index (χ2n) is 6.14. The molecule has 0 radical (unpaired) electrons. The van der Waals surface area contributed by atoms with Gasteiger partial charge in [-0.1, -0.05) is 0 Å². The van der Waals surface area contributed by atoms with E-state index in [0.29, 0.717) is 16.4 Å². The molecular weight excluding hydrogens is 326 g/mol. The third kappa shape index (κ3) is 2.84. The fourth-order valence-electron chi connectivity index (χ4n) is 3.09. The topological polar surface area (TPSA) is 110 Å². The molecule has 8 heteroatoms. The highest BCUT2D eigenvalue weighted by molar-refractivity contribution is 7.13. The highest BCUT2D eigenvalue weighted by Gasteiger charge is 2.40. The number of carbonyl (C=O) groups is 2. The average molecular weight is 343 g/mol. The Kier molecular flexibility index (Phi) is 3.68. The lowest BCUT2D eigenvalue weighted by atomic mass is 10.1. The minimum absolute atomic E-state index is 0.0466. The van der Waals surface area contributed by atoms with Crippen LogP contribution >= 0.6 is 11.3 Å². The molecule has 24 heavy (non-hydrogen) atoms. The molecule has 4 rings (SSSR count). The van der Waals surface area contributed by atoms with E-state index < -0.39 is 0 Å². The third-order valence-corrected chi connectivity index (χ3v) is 5.12. The number of fused-ring (bicyclic) bond motifs is 1. The maximum absolute atomic E-state index is 12.5. The van der Waals surface area contributed by atoms with E-state index in [1.807, 2.05) is 6.20 Å². The van der Waals surface area contributed by atoms with Crippen LogP contribution in [0.3, 0.4) is 0 Å². The summed E-state index contributed by atoms with van der Waals surface area (Å²) in [5.74, 6) is -0.368. The number of hydrogen-bond acceptors (Lipinski definition) is 6. The monoisotopic (exact) mass is 343 g/mol. The fraction of sp³-hybridized carbons (Fsp3) is 0.375. The zero-order valence-corrected chi connectivity index (χ0v) is 13.7. The summed E-state index contributed by atoms with van der Waals surface area (Å²) in [5.41, 5.74) is 8.79. The van der Waals surface area contributed by atoms with E-state index in [9.17, 15) is 9.59 Å². The van der Waals surface area contributed by atoms with Crippen LogP contribution in [0.4, 0.5) is 5.13 Å².